The second-order valence-corrected chi connectivity index (χ2v) is 7.57. The van der Waals surface area contributed by atoms with Crippen molar-refractivity contribution in [3.63, 3.8) is 0 Å². The molecule has 1 unspecified atom stereocenters. The number of nitrogens with two attached hydrogens (primary N) is 1. The smallest absolute Gasteiger partial charge is 0.240 e. The van der Waals surface area contributed by atoms with Crippen LogP contribution in [0.5, 0.6) is 0 Å². The summed E-state index contributed by atoms with van der Waals surface area (Å²) in [5.74, 6) is 0. The van der Waals surface area contributed by atoms with E-state index in [1.54, 1.807) is 18.2 Å². The van der Waals surface area contributed by atoms with Crippen molar-refractivity contribution in [2.45, 2.75) is 23.8 Å². The molecule has 0 aromatic heterocycles. The first kappa shape index (κ1) is 16.1. The van der Waals surface area contributed by atoms with Crippen molar-refractivity contribution >= 4 is 21.4 Å². The number of rotatable bonds is 5. The Labute approximate surface area is 127 Å². The molecule has 1 aromatic carbocycles. The minimum atomic E-state index is -3.45. The van der Waals surface area contributed by atoms with Crippen LogP contribution in [0.3, 0.4) is 0 Å². The summed E-state index contributed by atoms with van der Waals surface area (Å²) >= 11 is 0. The molecule has 1 heterocycles. The van der Waals surface area contributed by atoms with Crippen LogP contribution in [0.2, 0.25) is 0 Å². The maximum Gasteiger partial charge on any atom is 0.240 e. The molecule has 1 aromatic rings. The van der Waals surface area contributed by atoms with Crippen LogP contribution >= 0.6 is 0 Å². The van der Waals surface area contributed by atoms with Gasteiger partial charge in [0.1, 0.15) is 0 Å². The molecule has 2 rings (SSSR count). The van der Waals surface area contributed by atoms with Crippen LogP contribution in [0.1, 0.15) is 12.8 Å². The van der Waals surface area contributed by atoms with Gasteiger partial charge >= 0.3 is 0 Å². The van der Waals surface area contributed by atoms with Gasteiger partial charge in [-0.25, -0.2) is 13.1 Å². The van der Waals surface area contributed by atoms with E-state index in [9.17, 15) is 8.42 Å². The summed E-state index contributed by atoms with van der Waals surface area (Å²) < 4.78 is 26.3. The van der Waals surface area contributed by atoms with Gasteiger partial charge in [-0.1, -0.05) is 0 Å². The third-order valence-corrected chi connectivity index (χ3v) is 5.26. The van der Waals surface area contributed by atoms with Crippen LogP contribution in [0, 0.1) is 0 Å². The van der Waals surface area contributed by atoms with Gasteiger partial charge in [0.2, 0.25) is 10.0 Å². The van der Waals surface area contributed by atoms with Gasteiger partial charge in [0.05, 0.1) is 16.3 Å². The molecule has 0 saturated carbocycles. The van der Waals surface area contributed by atoms with Gasteiger partial charge in [0, 0.05) is 19.1 Å². The highest BCUT2D eigenvalue weighted by molar-refractivity contribution is 7.89. The lowest BCUT2D eigenvalue weighted by Gasteiger charge is -2.30. The second-order valence-electron chi connectivity index (χ2n) is 5.68. The van der Waals surface area contributed by atoms with Crippen LogP contribution < -0.4 is 15.4 Å². The van der Waals surface area contributed by atoms with Crippen LogP contribution in [0.4, 0.5) is 11.4 Å². The van der Waals surface area contributed by atoms with Crippen molar-refractivity contribution < 1.29 is 8.42 Å². The lowest BCUT2D eigenvalue weighted by atomic mass is 10.2. The quantitative estimate of drug-likeness (QED) is 0.783. The van der Waals surface area contributed by atoms with Crippen molar-refractivity contribution in [2.75, 3.05) is 44.9 Å². The first-order valence-electron chi connectivity index (χ1n) is 7.09. The normalized spacial score (nSPS) is 19.4. The molecule has 1 atom stereocenters. The lowest BCUT2D eigenvalue weighted by molar-refractivity contribution is 0.372. The summed E-state index contributed by atoms with van der Waals surface area (Å²) in [4.78, 5) is 4.63. The highest BCUT2D eigenvalue weighted by Crippen LogP contribution is 2.32. The number of nitrogens with zero attached hydrogens (tertiary/aromatic N) is 2. The predicted octanol–water partition coefficient (Wildman–Crippen LogP) is 0.707. The van der Waals surface area contributed by atoms with Gasteiger partial charge < -0.3 is 15.5 Å². The zero-order chi connectivity index (χ0) is 15.6. The van der Waals surface area contributed by atoms with E-state index in [-0.39, 0.29) is 4.90 Å². The molecule has 118 valence electrons. The molecule has 1 aliphatic rings. The second kappa shape index (κ2) is 6.21. The molecule has 3 N–H and O–H groups in total. The number of benzene rings is 1. The summed E-state index contributed by atoms with van der Waals surface area (Å²) in [7, 11) is 2.05. The Bertz CT molecular complexity index is 601. The highest BCUT2D eigenvalue weighted by Gasteiger charge is 2.27. The third kappa shape index (κ3) is 3.48. The molecule has 7 heteroatoms. The molecule has 21 heavy (non-hydrogen) atoms. The van der Waals surface area contributed by atoms with Gasteiger partial charge in [-0.3, -0.25) is 0 Å². The van der Waals surface area contributed by atoms with Crippen molar-refractivity contribution in [3.8, 4) is 0 Å². The van der Waals surface area contributed by atoms with E-state index in [1.807, 2.05) is 14.1 Å². The zero-order valence-electron chi connectivity index (χ0n) is 12.8. The molecule has 1 fully saturated rings. The van der Waals surface area contributed by atoms with Crippen molar-refractivity contribution in [1.29, 1.82) is 0 Å². The zero-order valence-corrected chi connectivity index (χ0v) is 13.7. The molecule has 0 spiro atoms. The Balaban J connectivity index is 2.36. The average molecular weight is 312 g/mol. The summed E-state index contributed by atoms with van der Waals surface area (Å²) in [6.07, 6.45) is 2.20. The maximum absolute atomic E-state index is 12.0. The van der Waals surface area contributed by atoms with Gasteiger partial charge in [-0.2, -0.15) is 0 Å². The summed E-state index contributed by atoms with van der Waals surface area (Å²) in [5.41, 5.74) is 7.51. The lowest BCUT2D eigenvalue weighted by Crippen LogP contribution is -2.38. The van der Waals surface area contributed by atoms with Crippen molar-refractivity contribution in [1.82, 2.24) is 9.62 Å². The van der Waals surface area contributed by atoms with Gasteiger partial charge in [0.15, 0.2) is 0 Å². The number of nitrogen functional groups attached to an aromatic ring is 1. The fourth-order valence-electron chi connectivity index (χ4n) is 2.82. The van der Waals surface area contributed by atoms with Crippen molar-refractivity contribution in [2.24, 2.45) is 0 Å². The average Bonchev–Trinajstić information content (AvgIpc) is 2.86. The number of sulfonamides is 1. The number of nitrogens with one attached hydrogen (secondary N) is 1. The van der Waals surface area contributed by atoms with Crippen molar-refractivity contribution in [3.05, 3.63) is 18.2 Å². The van der Waals surface area contributed by atoms with E-state index < -0.39 is 10.0 Å². The first-order chi connectivity index (χ1) is 9.85. The van der Waals surface area contributed by atoms with Gasteiger partial charge in [0.25, 0.3) is 0 Å². The van der Waals surface area contributed by atoms with Crippen LogP contribution in [-0.4, -0.2) is 53.6 Å². The van der Waals surface area contributed by atoms with E-state index in [4.69, 9.17) is 5.73 Å². The van der Waals surface area contributed by atoms with Gasteiger partial charge in [-0.05, 0) is 52.2 Å². The number of anilines is 2. The fraction of sp³-hybridized carbons (Fsp3) is 0.571. The standard InChI is InChI=1S/C14H24N4O2S/c1-16-21(19,20)12-6-7-13(15)14(9-12)18-8-4-5-11(18)10-17(2)3/h6-7,9,11,16H,4-5,8,10,15H2,1-3H3. The number of hydrogen-bond acceptors (Lipinski definition) is 5. The molecule has 0 amide bonds. The highest BCUT2D eigenvalue weighted by atomic mass is 32.2. The minimum Gasteiger partial charge on any atom is -0.397 e. The molecule has 1 aliphatic heterocycles. The Morgan fingerprint density at radius 1 is 1.43 bits per heavy atom. The van der Waals surface area contributed by atoms with E-state index >= 15 is 0 Å². The summed E-state index contributed by atoms with van der Waals surface area (Å²) in [6.45, 7) is 1.84. The summed E-state index contributed by atoms with van der Waals surface area (Å²) in [5, 5.41) is 0. The monoisotopic (exact) mass is 312 g/mol. The van der Waals surface area contributed by atoms with Gasteiger partial charge in [-0.15, -0.1) is 0 Å². The fourth-order valence-corrected chi connectivity index (χ4v) is 3.57. The Hall–Kier alpha value is -1.31. The Kier molecular flexibility index (Phi) is 4.75. The largest absolute Gasteiger partial charge is 0.397 e. The van der Waals surface area contributed by atoms with Crippen LogP contribution in [-0.2, 0) is 10.0 Å². The maximum atomic E-state index is 12.0. The Morgan fingerprint density at radius 3 is 2.76 bits per heavy atom. The third-order valence-electron chi connectivity index (χ3n) is 3.84. The summed E-state index contributed by atoms with van der Waals surface area (Å²) in [6, 6.07) is 5.26. The number of hydrogen-bond donors (Lipinski definition) is 2. The van der Waals surface area contributed by atoms with E-state index in [2.05, 4.69) is 14.5 Å². The van der Waals surface area contributed by atoms with E-state index in [0.29, 0.717) is 11.7 Å². The van der Waals surface area contributed by atoms with Crippen LogP contribution in [0.25, 0.3) is 0 Å². The van der Waals surface area contributed by atoms with Crippen LogP contribution in [0.15, 0.2) is 23.1 Å². The first-order valence-corrected chi connectivity index (χ1v) is 8.58. The van der Waals surface area contributed by atoms with E-state index in [1.165, 1.54) is 7.05 Å². The molecule has 6 nitrogen and oxygen atoms in total. The minimum absolute atomic E-state index is 0.254. The molecule has 0 radical (unpaired) electrons. The molecular weight excluding hydrogens is 288 g/mol. The Morgan fingerprint density at radius 2 is 2.14 bits per heavy atom. The van der Waals surface area contributed by atoms with E-state index in [0.717, 1.165) is 31.6 Å². The topological polar surface area (TPSA) is 78.7 Å². The number of likely N-dealkylation sites (N-methyl/N-ethyl adjacent to an activating group) is 1. The molecule has 1 saturated heterocycles. The molecule has 0 aliphatic carbocycles. The SMILES string of the molecule is CNS(=O)(=O)c1ccc(N)c(N2CCCC2CN(C)C)c1. The molecule has 0 bridgehead atoms. The molecular formula is C14H24N4O2S. The predicted molar refractivity (Wildman–Crippen MR) is 86.0 cm³/mol.